The van der Waals surface area contributed by atoms with Gasteiger partial charge in [0.1, 0.15) is 11.9 Å². The normalized spacial score (nSPS) is 18.6. The Bertz CT molecular complexity index is 962. The van der Waals surface area contributed by atoms with Gasteiger partial charge in [0.25, 0.3) is 5.91 Å². The van der Waals surface area contributed by atoms with Crippen LogP contribution in [-0.2, 0) is 28.0 Å². The molecular weight excluding hydrogens is 358 g/mol. The van der Waals surface area contributed by atoms with Gasteiger partial charge in [-0.25, -0.2) is 9.36 Å². The molecule has 144 valence electrons. The molecule has 0 unspecified atom stereocenters. The molecule has 2 aliphatic heterocycles. The third-order valence-electron chi connectivity index (χ3n) is 5.73. The zero-order valence-corrected chi connectivity index (χ0v) is 15.4. The van der Waals surface area contributed by atoms with E-state index in [4.69, 9.17) is 4.74 Å². The minimum absolute atomic E-state index is 0.0567. The van der Waals surface area contributed by atoms with E-state index < -0.39 is 5.54 Å². The van der Waals surface area contributed by atoms with Crippen molar-refractivity contribution in [3.05, 3.63) is 54.1 Å². The highest BCUT2D eigenvalue weighted by Crippen LogP contribution is 2.32. The average molecular weight is 379 g/mol. The summed E-state index contributed by atoms with van der Waals surface area (Å²) in [5.41, 5.74) is 2.52. The van der Waals surface area contributed by atoms with Gasteiger partial charge in [-0.3, -0.25) is 4.79 Å². The number of carbonyl (C=O) groups excluding carboxylic acids is 1. The fraction of sp³-hybridized carbons (Fsp3) is 0.421. The van der Waals surface area contributed by atoms with Crippen molar-refractivity contribution in [2.45, 2.75) is 31.3 Å². The predicted molar refractivity (Wildman–Crippen MR) is 98.5 cm³/mol. The number of aromatic nitrogens is 6. The van der Waals surface area contributed by atoms with Gasteiger partial charge in [-0.2, -0.15) is 5.10 Å². The maximum atomic E-state index is 13.6. The summed E-state index contributed by atoms with van der Waals surface area (Å²) in [5.74, 6) is 0.0567. The number of amides is 1. The number of tetrazole rings is 1. The summed E-state index contributed by atoms with van der Waals surface area (Å²) in [6.45, 7) is 2.24. The number of benzene rings is 1. The van der Waals surface area contributed by atoms with Crippen molar-refractivity contribution in [3.63, 3.8) is 0 Å². The van der Waals surface area contributed by atoms with Crippen molar-refractivity contribution in [1.29, 1.82) is 0 Å². The third-order valence-corrected chi connectivity index (χ3v) is 5.73. The molecule has 0 saturated carbocycles. The average Bonchev–Trinajstić information content (AvgIpc) is 3.44. The maximum absolute atomic E-state index is 13.6. The molecule has 2 aliphatic rings. The SMILES string of the molecule is O=C(N1CCc2c(cnn2-c2ccccc2)C1)C1(n2cnnn2)CCOCC1. The Kier molecular flexibility index (Phi) is 4.16. The van der Waals surface area contributed by atoms with Gasteiger partial charge >= 0.3 is 0 Å². The van der Waals surface area contributed by atoms with Gasteiger partial charge in [-0.15, -0.1) is 5.10 Å². The van der Waals surface area contributed by atoms with E-state index in [0.717, 1.165) is 17.7 Å². The van der Waals surface area contributed by atoms with E-state index in [0.29, 0.717) is 39.1 Å². The van der Waals surface area contributed by atoms with Gasteiger partial charge in [-0.05, 0) is 22.6 Å². The lowest BCUT2D eigenvalue weighted by Gasteiger charge is -2.40. The van der Waals surface area contributed by atoms with Gasteiger partial charge in [0.2, 0.25) is 0 Å². The molecule has 1 aromatic carbocycles. The van der Waals surface area contributed by atoms with Crippen molar-refractivity contribution in [2.75, 3.05) is 19.8 Å². The Morgan fingerprint density at radius 2 is 1.96 bits per heavy atom. The first kappa shape index (κ1) is 17.1. The van der Waals surface area contributed by atoms with E-state index in [1.54, 1.807) is 4.68 Å². The molecule has 1 amide bonds. The summed E-state index contributed by atoms with van der Waals surface area (Å²) in [6, 6.07) is 10.1. The molecule has 9 heteroatoms. The molecule has 2 aromatic heterocycles. The van der Waals surface area contributed by atoms with Crippen molar-refractivity contribution >= 4 is 5.91 Å². The Morgan fingerprint density at radius 3 is 2.71 bits per heavy atom. The lowest BCUT2D eigenvalue weighted by Crippen LogP contribution is -2.54. The van der Waals surface area contributed by atoms with Gasteiger partial charge in [0, 0.05) is 51.1 Å². The van der Waals surface area contributed by atoms with Crippen molar-refractivity contribution in [1.82, 2.24) is 34.9 Å². The van der Waals surface area contributed by atoms with E-state index in [2.05, 4.69) is 20.6 Å². The lowest BCUT2D eigenvalue weighted by molar-refractivity contribution is -0.148. The summed E-state index contributed by atoms with van der Waals surface area (Å²) in [6.07, 6.45) is 5.31. The zero-order chi connectivity index (χ0) is 19.0. The summed E-state index contributed by atoms with van der Waals surface area (Å²) < 4.78 is 9.09. The number of nitrogens with zero attached hydrogens (tertiary/aromatic N) is 7. The standard InChI is InChI=1S/C19H21N7O2/c27-18(19(7-10-28-11-8-19)25-14-20-22-23-25)24-9-6-17-15(13-24)12-21-26(17)16-4-2-1-3-5-16/h1-5,12,14H,6-11,13H2. The van der Waals surface area contributed by atoms with E-state index in [-0.39, 0.29) is 5.91 Å². The van der Waals surface area contributed by atoms with Crippen molar-refractivity contribution in [2.24, 2.45) is 0 Å². The number of fused-ring (bicyclic) bond motifs is 1. The molecule has 0 bridgehead atoms. The van der Waals surface area contributed by atoms with E-state index in [1.165, 1.54) is 12.0 Å². The summed E-state index contributed by atoms with van der Waals surface area (Å²) >= 11 is 0. The van der Waals surface area contributed by atoms with Crippen LogP contribution in [0.5, 0.6) is 0 Å². The van der Waals surface area contributed by atoms with Crippen molar-refractivity contribution in [3.8, 4) is 5.69 Å². The second-order valence-electron chi connectivity index (χ2n) is 7.24. The molecule has 28 heavy (non-hydrogen) atoms. The van der Waals surface area contributed by atoms with Crippen LogP contribution in [-0.4, -0.2) is 60.6 Å². The second kappa shape index (κ2) is 6.83. The lowest BCUT2D eigenvalue weighted by atomic mass is 9.87. The first-order valence-corrected chi connectivity index (χ1v) is 9.50. The van der Waals surface area contributed by atoms with E-state index >= 15 is 0 Å². The molecule has 4 heterocycles. The van der Waals surface area contributed by atoms with Crippen LogP contribution in [0.15, 0.2) is 42.9 Å². The summed E-state index contributed by atoms with van der Waals surface area (Å²) in [5, 5.41) is 16.1. The minimum Gasteiger partial charge on any atom is -0.381 e. The highest BCUT2D eigenvalue weighted by Gasteiger charge is 2.46. The largest absolute Gasteiger partial charge is 0.381 e. The van der Waals surface area contributed by atoms with Gasteiger partial charge in [-0.1, -0.05) is 18.2 Å². The predicted octanol–water partition coefficient (Wildman–Crippen LogP) is 0.949. The number of hydrogen-bond donors (Lipinski definition) is 0. The number of rotatable bonds is 3. The molecular formula is C19H21N7O2. The Balaban J connectivity index is 1.43. The van der Waals surface area contributed by atoms with Crippen LogP contribution in [0.3, 0.4) is 0 Å². The molecule has 0 atom stereocenters. The summed E-state index contributed by atoms with van der Waals surface area (Å²) in [7, 11) is 0. The third kappa shape index (κ3) is 2.70. The molecule has 3 aromatic rings. The number of para-hydroxylation sites is 1. The van der Waals surface area contributed by atoms with Crippen LogP contribution < -0.4 is 0 Å². The fourth-order valence-electron chi connectivity index (χ4n) is 4.20. The van der Waals surface area contributed by atoms with Gasteiger partial charge in [0.05, 0.1) is 17.6 Å². The van der Waals surface area contributed by atoms with Crippen LogP contribution in [0.2, 0.25) is 0 Å². The number of carbonyl (C=O) groups is 1. The smallest absolute Gasteiger partial charge is 0.251 e. The van der Waals surface area contributed by atoms with Gasteiger partial charge < -0.3 is 9.64 Å². The quantitative estimate of drug-likeness (QED) is 0.673. The first-order valence-electron chi connectivity index (χ1n) is 9.50. The second-order valence-corrected chi connectivity index (χ2v) is 7.24. The first-order chi connectivity index (χ1) is 13.8. The monoisotopic (exact) mass is 379 g/mol. The van der Waals surface area contributed by atoms with Crippen molar-refractivity contribution < 1.29 is 9.53 Å². The Hall–Kier alpha value is -3.07. The molecule has 0 aliphatic carbocycles. The molecule has 1 saturated heterocycles. The Morgan fingerprint density at radius 1 is 1.14 bits per heavy atom. The fourth-order valence-corrected chi connectivity index (χ4v) is 4.20. The topological polar surface area (TPSA) is 91.0 Å². The number of hydrogen-bond acceptors (Lipinski definition) is 6. The van der Waals surface area contributed by atoms with Crippen LogP contribution in [0.25, 0.3) is 5.69 Å². The zero-order valence-electron chi connectivity index (χ0n) is 15.4. The number of ether oxygens (including phenoxy) is 1. The van der Waals surface area contributed by atoms with Crippen LogP contribution in [0, 0.1) is 0 Å². The molecule has 0 N–H and O–H groups in total. The summed E-state index contributed by atoms with van der Waals surface area (Å²) in [4.78, 5) is 15.5. The minimum atomic E-state index is -0.769. The molecule has 1 fully saturated rings. The van der Waals surface area contributed by atoms with Gasteiger partial charge in [0.15, 0.2) is 0 Å². The van der Waals surface area contributed by atoms with E-state index in [1.807, 2.05) is 46.1 Å². The molecule has 9 nitrogen and oxygen atoms in total. The van der Waals surface area contributed by atoms with E-state index in [9.17, 15) is 4.79 Å². The van der Waals surface area contributed by atoms with Crippen LogP contribution >= 0.6 is 0 Å². The highest BCUT2D eigenvalue weighted by molar-refractivity contribution is 5.84. The molecule has 5 rings (SSSR count). The molecule has 0 spiro atoms. The molecule has 0 radical (unpaired) electrons. The highest BCUT2D eigenvalue weighted by atomic mass is 16.5. The van der Waals surface area contributed by atoms with Crippen LogP contribution in [0.4, 0.5) is 0 Å². The Labute approximate surface area is 161 Å². The maximum Gasteiger partial charge on any atom is 0.251 e. The van der Waals surface area contributed by atoms with Crippen LogP contribution in [0.1, 0.15) is 24.1 Å².